The van der Waals surface area contributed by atoms with Gasteiger partial charge in [-0.2, -0.15) is 13.8 Å². The maximum Gasteiger partial charge on any atom is 0.343 e. The molecule has 2 aromatic rings. The van der Waals surface area contributed by atoms with Gasteiger partial charge in [0.2, 0.25) is 11.9 Å². The van der Waals surface area contributed by atoms with Gasteiger partial charge in [0, 0.05) is 0 Å². The van der Waals surface area contributed by atoms with Crippen molar-refractivity contribution >= 4 is 5.97 Å². The number of esters is 1. The Bertz CT molecular complexity index is 558. The third-order valence-corrected chi connectivity index (χ3v) is 2.25. The molecule has 0 N–H and O–H groups in total. The number of hydrogen-bond donors (Lipinski definition) is 0. The Morgan fingerprint density at radius 3 is 2.50 bits per heavy atom. The normalized spacial score (nSPS) is 10.1. The molecule has 0 atom stereocenters. The summed E-state index contributed by atoms with van der Waals surface area (Å²) >= 11 is 0. The molecule has 0 radical (unpaired) electrons. The van der Waals surface area contributed by atoms with Gasteiger partial charge in [-0.1, -0.05) is 30.3 Å². The van der Waals surface area contributed by atoms with Gasteiger partial charge in [-0.05, 0) is 17.7 Å². The van der Waals surface area contributed by atoms with Crippen LogP contribution in [0, 0.1) is 11.9 Å². The van der Waals surface area contributed by atoms with Crippen LogP contribution in [-0.2, 0) is 11.3 Å². The van der Waals surface area contributed by atoms with Gasteiger partial charge >= 0.3 is 5.97 Å². The van der Waals surface area contributed by atoms with Gasteiger partial charge in [0.25, 0.3) is 0 Å². The first-order valence-corrected chi connectivity index (χ1v) is 5.20. The van der Waals surface area contributed by atoms with E-state index >= 15 is 0 Å². The first kappa shape index (κ1) is 12.2. The Morgan fingerprint density at radius 2 is 1.83 bits per heavy atom. The van der Waals surface area contributed by atoms with Crippen LogP contribution in [0.5, 0.6) is 0 Å². The first-order chi connectivity index (χ1) is 8.66. The van der Waals surface area contributed by atoms with E-state index in [-0.39, 0.29) is 12.2 Å². The second-order valence-corrected chi connectivity index (χ2v) is 3.53. The number of carbonyl (C=O) groups excluding carboxylic acids is 1. The Labute approximate surface area is 102 Å². The average molecular weight is 249 g/mol. The summed E-state index contributed by atoms with van der Waals surface area (Å²) in [5.41, 5.74) is 0.397. The highest BCUT2D eigenvalue weighted by Gasteiger charge is 2.15. The highest BCUT2D eigenvalue weighted by Crippen LogP contribution is 2.09. The third-order valence-electron chi connectivity index (χ3n) is 2.25. The average Bonchev–Trinajstić information content (AvgIpc) is 2.37. The molecule has 1 aromatic carbocycles. The molecule has 5 heteroatoms. The van der Waals surface area contributed by atoms with Crippen LogP contribution in [0.15, 0.2) is 42.5 Å². The maximum absolute atomic E-state index is 13.2. The zero-order valence-electron chi connectivity index (χ0n) is 9.27. The van der Waals surface area contributed by atoms with Crippen molar-refractivity contribution in [2.75, 3.05) is 0 Å². The van der Waals surface area contributed by atoms with Crippen molar-refractivity contribution in [2.24, 2.45) is 0 Å². The van der Waals surface area contributed by atoms with Gasteiger partial charge in [-0.25, -0.2) is 4.79 Å². The van der Waals surface area contributed by atoms with E-state index in [0.717, 1.165) is 17.7 Å². The molecule has 18 heavy (non-hydrogen) atoms. The van der Waals surface area contributed by atoms with Gasteiger partial charge in [0.05, 0.1) is 0 Å². The largest absolute Gasteiger partial charge is 0.457 e. The summed E-state index contributed by atoms with van der Waals surface area (Å²) in [7, 11) is 0. The van der Waals surface area contributed by atoms with Crippen molar-refractivity contribution in [3.8, 4) is 0 Å². The van der Waals surface area contributed by atoms with Crippen LogP contribution >= 0.6 is 0 Å². The summed E-state index contributed by atoms with van der Waals surface area (Å²) < 4.78 is 30.6. The van der Waals surface area contributed by atoms with Crippen LogP contribution in [0.1, 0.15) is 15.9 Å². The smallest absolute Gasteiger partial charge is 0.343 e. The molecule has 0 aliphatic carbocycles. The van der Waals surface area contributed by atoms with Gasteiger partial charge < -0.3 is 4.74 Å². The predicted molar refractivity (Wildman–Crippen MR) is 59.7 cm³/mol. The molecule has 3 nitrogen and oxygen atoms in total. The lowest BCUT2D eigenvalue weighted by Crippen LogP contribution is -2.09. The Hall–Kier alpha value is -2.30. The summed E-state index contributed by atoms with van der Waals surface area (Å²) in [6, 6.07) is 10.9. The van der Waals surface area contributed by atoms with Crippen LogP contribution in [0.3, 0.4) is 0 Å². The van der Waals surface area contributed by atoms with Gasteiger partial charge in [0.15, 0.2) is 0 Å². The Balaban J connectivity index is 2.04. The van der Waals surface area contributed by atoms with Crippen molar-refractivity contribution in [2.45, 2.75) is 6.61 Å². The molecule has 0 bridgehead atoms. The maximum atomic E-state index is 13.2. The standard InChI is InChI=1S/C13H9F2NO2/c14-11-7-6-10(12(15)16-11)13(17)18-8-9-4-2-1-3-5-9/h1-7H,8H2. The second-order valence-electron chi connectivity index (χ2n) is 3.53. The zero-order chi connectivity index (χ0) is 13.0. The van der Waals surface area contributed by atoms with Crippen LogP contribution in [0.25, 0.3) is 0 Å². The van der Waals surface area contributed by atoms with Crippen molar-refractivity contribution in [1.29, 1.82) is 0 Å². The molecule has 0 unspecified atom stereocenters. The van der Waals surface area contributed by atoms with E-state index in [4.69, 9.17) is 4.74 Å². The molecule has 0 aliphatic rings. The molecule has 2 rings (SSSR count). The second kappa shape index (κ2) is 5.35. The van der Waals surface area contributed by atoms with Gasteiger partial charge in [-0.15, -0.1) is 0 Å². The number of aromatic nitrogens is 1. The molecule has 1 heterocycles. The fraction of sp³-hybridized carbons (Fsp3) is 0.0769. The molecule has 0 saturated heterocycles. The fourth-order valence-corrected chi connectivity index (χ4v) is 1.37. The number of benzene rings is 1. The summed E-state index contributed by atoms with van der Waals surface area (Å²) in [6.45, 7) is 0.0243. The molecular formula is C13H9F2NO2. The Morgan fingerprint density at radius 1 is 1.11 bits per heavy atom. The molecule has 0 fully saturated rings. The molecule has 0 amide bonds. The lowest BCUT2D eigenvalue weighted by molar-refractivity contribution is 0.0466. The van der Waals surface area contributed by atoms with E-state index < -0.39 is 17.9 Å². The summed E-state index contributed by atoms with van der Waals surface area (Å²) in [5.74, 6) is -3.02. The lowest BCUT2D eigenvalue weighted by Gasteiger charge is -2.05. The van der Waals surface area contributed by atoms with E-state index in [9.17, 15) is 13.6 Å². The van der Waals surface area contributed by atoms with E-state index in [1.807, 2.05) is 6.07 Å². The molecule has 92 valence electrons. The first-order valence-electron chi connectivity index (χ1n) is 5.20. The number of pyridine rings is 1. The predicted octanol–water partition coefficient (Wildman–Crippen LogP) is 2.72. The fourth-order valence-electron chi connectivity index (χ4n) is 1.37. The number of nitrogens with zero attached hydrogens (tertiary/aromatic N) is 1. The van der Waals surface area contributed by atoms with Crippen molar-refractivity contribution in [3.05, 3.63) is 65.5 Å². The van der Waals surface area contributed by atoms with Crippen LogP contribution < -0.4 is 0 Å². The number of ether oxygens (including phenoxy) is 1. The van der Waals surface area contributed by atoms with Crippen molar-refractivity contribution in [3.63, 3.8) is 0 Å². The third kappa shape index (κ3) is 2.88. The summed E-state index contributed by atoms with van der Waals surface area (Å²) in [5, 5.41) is 0. The van der Waals surface area contributed by atoms with E-state index in [1.165, 1.54) is 0 Å². The van der Waals surface area contributed by atoms with Crippen LogP contribution in [-0.4, -0.2) is 11.0 Å². The minimum atomic E-state index is -1.17. The number of rotatable bonds is 3. The molecular weight excluding hydrogens is 240 g/mol. The van der Waals surface area contributed by atoms with Crippen molar-refractivity contribution < 1.29 is 18.3 Å². The topological polar surface area (TPSA) is 39.2 Å². The minimum Gasteiger partial charge on any atom is -0.457 e. The highest BCUT2D eigenvalue weighted by atomic mass is 19.1. The minimum absolute atomic E-state index is 0.0243. The van der Waals surface area contributed by atoms with Gasteiger partial charge in [-0.3, -0.25) is 0 Å². The number of halogens is 2. The van der Waals surface area contributed by atoms with E-state index in [1.54, 1.807) is 24.3 Å². The molecule has 0 aliphatic heterocycles. The van der Waals surface area contributed by atoms with Gasteiger partial charge in [0.1, 0.15) is 12.2 Å². The highest BCUT2D eigenvalue weighted by molar-refractivity contribution is 5.89. The lowest BCUT2D eigenvalue weighted by atomic mass is 10.2. The van der Waals surface area contributed by atoms with Crippen LogP contribution in [0.2, 0.25) is 0 Å². The van der Waals surface area contributed by atoms with Crippen LogP contribution in [0.4, 0.5) is 8.78 Å². The monoisotopic (exact) mass is 249 g/mol. The van der Waals surface area contributed by atoms with E-state index in [0.29, 0.717) is 0 Å². The number of hydrogen-bond acceptors (Lipinski definition) is 3. The summed E-state index contributed by atoms with van der Waals surface area (Å²) in [6.07, 6.45) is 0. The molecule has 1 aromatic heterocycles. The van der Waals surface area contributed by atoms with E-state index in [2.05, 4.69) is 4.98 Å². The summed E-state index contributed by atoms with van der Waals surface area (Å²) in [4.78, 5) is 14.4. The van der Waals surface area contributed by atoms with Crippen molar-refractivity contribution in [1.82, 2.24) is 4.98 Å². The Kier molecular flexibility index (Phi) is 3.62. The zero-order valence-corrected chi connectivity index (χ0v) is 9.27. The molecule has 0 saturated carbocycles. The quantitative estimate of drug-likeness (QED) is 0.620. The SMILES string of the molecule is O=C(OCc1ccccc1)c1ccc(F)nc1F. The molecule has 0 spiro atoms. The number of carbonyl (C=O) groups is 1.